The SMILES string of the molecule is Cc1cc(C(=O)O)nc(N2C3CC[C@H]2CC(OCc2c(C4CCCCC4C(F)(F)F)noc2C2CC2)C3)n1. The molecule has 0 radical (unpaired) electrons. The van der Waals surface area contributed by atoms with Gasteiger partial charge in [0.05, 0.1) is 24.3 Å². The second-order valence-corrected chi connectivity index (χ2v) is 11.4. The first-order valence-corrected chi connectivity index (χ1v) is 13.7. The molecular weight excluding hydrogens is 501 g/mol. The maximum atomic E-state index is 13.9. The number of halogens is 3. The van der Waals surface area contributed by atoms with Crippen LogP contribution in [0.25, 0.3) is 0 Å². The number of aryl methyl sites for hydroxylation is 1. The van der Waals surface area contributed by atoms with Crippen molar-refractivity contribution in [1.29, 1.82) is 0 Å². The lowest BCUT2D eigenvalue weighted by molar-refractivity contribution is -0.187. The van der Waals surface area contributed by atoms with Gasteiger partial charge in [0.15, 0.2) is 5.69 Å². The van der Waals surface area contributed by atoms with Crippen LogP contribution in [0.1, 0.15) is 109 Å². The number of fused-ring (bicyclic) bond motifs is 2. The van der Waals surface area contributed by atoms with Gasteiger partial charge >= 0.3 is 12.1 Å². The van der Waals surface area contributed by atoms with Crippen molar-refractivity contribution in [2.45, 2.75) is 114 Å². The number of ether oxygens (including phenoxy) is 1. The van der Waals surface area contributed by atoms with Gasteiger partial charge in [0.2, 0.25) is 5.95 Å². The van der Waals surface area contributed by atoms with Gasteiger partial charge in [-0.15, -0.1) is 0 Å². The minimum Gasteiger partial charge on any atom is -0.477 e. The van der Waals surface area contributed by atoms with Gasteiger partial charge in [0.1, 0.15) is 5.76 Å². The summed E-state index contributed by atoms with van der Waals surface area (Å²) in [7, 11) is 0. The highest BCUT2D eigenvalue weighted by Gasteiger charge is 2.49. The molecule has 2 bridgehead atoms. The molecule has 4 fully saturated rings. The van der Waals surface area contributed by atoms with Crippen LogP contribution >= 0.6 is 0 Å². The Morgan fingerprint density at radius 2 is 1.82 bits per heavy atom. The number of carbonyl (C=O) groups is 1. The Morgan fingerprint density at radius 3 is 2.47 bits per heavy atom. The molecule has 38 heavy (non-hydrogen) atoms. The van der Waals surface area contributed by atoms with Gasteiger partial charge in [0.25, 0.3) is 0 Å². The molecule has 2 aromatic rings. The largest absolute Gasteiger partial charge is 0.477 e. The van der Waals surface area contributed by atoms with E-state index in [4.69, 9.17) is 9.26 Å². The monoisotopic (exact) mass is 534 g/mol. The van der Waals surface area contributed by atoms with E-state index in [1.54, 1.807) is 6.92 Å². The molecule has 2 saturated heterocycles. The summed E-state index contributed by atoms with van der Waals surface area (Å²) in [5.41, 5.74) is 1.77. The fourth-order valence-corrected chi connectivity index (χ4v) is 6.86. The minimum atomic E-state index is -4.26. The molecule has 8 nitrogen and oxygen atoms in total. The number of hydrogen-bond acceptors (Lipinski definition) is 7. The van der Waals surface area contributed by atoms with E-state index in [-0.39, 0.29) is 42.8 Å². The highest BCUT2D eigenvalue weighted by molar-refractivity contribution is 5.85. The van der Waals surface area contributed by atoms with Crippen molar-refractivity contribution >= 4 is 11.9 Å². The number of aromatic nitrogens is 3. The molecule has 11 heteroatoms. The fraction of sp³-hybridized carbons (Fsp3) is 0.704. The van der Waals surface area contributed by atoms with Gasteiger partial charge in [-0.2, -0.15) is 13.2 Å². The van der Waals surface area contributed by atoms with Crippen LogP contribution < -0.4 is 4.90 Å². The van der Waals surface area contributed by atoms with Gasteiger partial charge in [-0.05, 0) is 64.4 Å². The van der Waals surface area contributed by atoms with Crippen molar-refractivity contribution in [2.75, 3.05) is 4.90 Å². The molecule has 0 amide bonds. The van der Waals surface area contributed by atoms with Gasteiger partial charge in [0, 0.05) is 35.2 Å². The highest BCUT2D eigenvalue weighted by atomic mass is 19.4. The Morgan fingerprint density at radius 1 is 1.11 bits per heavy atom. The highest BCUT2D eigenvalue weighted by Crippen LogP contribution is 2.50. The average molecular weight is 535 g/mol. The third-order valence-corrected chi connectivity index (χ3v) is 8.78. The maximum absolute atomic E-state index is 13.9. The Hall–Kier alpha value is -2.69. The zero-order valence-corrected chi connectivity index (χ0v) is 21.4. The Kier molecular flexibility index (Phi) is 6.60. The fourth-order valence-electron chi connectivity index (χ4n) is 6.86. The van der Waals surface area contributed by atoms with Crippen molar-refractivity contribution in [3.8, 4) is 0 Å². The quantitative estimate of drug-likeness (QED) is 0.469. The summed E-state index contributed by atoms with van der Waals surface area (Å²) in [4.78, 5) is 22.5. The Balaban J connectivity index is 1.19. The summed E-state index contributed by atoms with van der Waals surface area (Å²) in [6.45, 7) is 1.97. The molecule has 5 atom stereocenters. The van der Waals surface area contributed by atoms with Crippen molar-refractivity contribution in [3.05, 3.63) is 34.5 Å². The maximum Gasteiger partial charge on any atom is 0.392 e. The normalized spacial score (nSPS) is 29.6. The topological polar surface area (TPSA) is 102 Å². The average Bonchev–Trinajstić information content (AvgIpc) is 3.57. The number of aromatic carboxylic acids is 1. The van der Waals surface area contributed by atoms with E-state index in [0.29, 0.717) is 35.9 Å². The third-order valence-electron chi connectivity index (χ3n) is 8.78. The van der Waals surface area contributed by atoms with E-state index in [2.05, 4.69) is 20.0 Å². The van der Waals surface area contributed by atoms with Crippen LogP contribution in [0, 0.1) is 12.8 Å². The van der Waals surface area contributed by atoms with E-state index in [9.17, 15) is 23.1 Å². The van der Waals surface area contributed by atoms with Crippen LogP contribution in [-0.2, 0) is 11.3 Å². The zero-order valence-electron chi connectivity index (χ0n) is 21.4. The molecule has 4 unspecified atom stereocenters. The predicted molar refractivity (Wildman–Crippen MR) is 130 cm³/mol. The van der Waals surface area contributed by atoms with E-state index < -0.39 is 24.0 Å². The predicted octanol–water partition coefficient (Wildman–Crippen LogP) is 5.90. The number of piperidine rings is 1. The molecule has 4 aliphatic rings. The molecular formula is C27H33F3N4O4. The molecule has 4 heterocycles. The summed E-state index contributed by atoms with van der Waals surface area (Å²) in [5, 5.41) is 13.6. The van der Waals surface area contributed by atoms with Gasteiger partial charge < -0.3 is 19.3 Å². The summed E-state index contributed by atoms with van der Waals surface area (Å²) < 4.78 is 53.8. The molecule has 0 aromatic carbocycles. The Bertz CT molecular complexity index is 1180. The van der Waals surface area contributed by atoms with E-state index in [1.807, 2.05) is 0 Å². The number of hydrogen-bond donors (Lipinski definition) is 1. The third kappa shape index (κ3) is 4.89. The van der Waals surface area contributed by atoms with Gasteiger partial charge in [-0.25, -0.2) is 14.8 Å². The molecule has 206 valence electrons. The van der Waals surface area contributed by atoms with E-state index >= 15 is 0 Å². The smallest absolute Gasteiger partial charge is 0.392 e. The Labute approximate surface area is 218 Å². The molecule has 2 aromatic heterocycles. The lowest BCUT2D eigenvalue weighted by atomic mass is 9.76. The van der Waals surface area contributed by atoms with Crippen LogP contribution in [0.4, 0.5) is 19.1 Å². The lowest BCUT2D eigenvalue weighted by Crippen LogP contribution is -2.46. The lowest BCUT2D eigenvalue weighted by Gasteiger charge is -2.39. The van der Waals surface area contributed by atoms with Crippen molar-refractivity contribution in [1.82, 2.24) is 15.1 Å². The van der Waals surface area contributed by atoms with Crippen molar-refractivity contribution < 1.29 is 32.3 Å². The second kappa shape index (κ2) is 9.81. The molecule has 0 spiro atoms. The van der Waals surface area contributed by atoms with Gasteiger partial charge in [-0.1, -0.05) is 18.0 Å². The van der Waals surface area contributed by atoms with Crippen LogP contribution in [0.2, 0.25) is 0 Å². The summed E-state index contributed by atoms with van der Waals surface area (Å²) >= 11 is 0. The molecule has 1 N–H and O–H groups in total. The number of alkyl halides is 3. The standard InChI is InChI=1S/C27H33F3N4O4/c1-14-10-22(25(35)36)32-26(31-14)34-16-8-9-17(34)12-18(11-16)37-13-20-23(33-38-24(20)15-6-7-15)19-4-2-3-5-21(19)27(28,29)30/h10,15-19,21H,2-9,11-13H2,1H3,(H,35,36)/t16-,17?,18?,19?,21?/m0/s1. The minimum absolute atomic E-state index is 0.0160. The van der Waals surface area contributed by atoms with Gasteiger partial charge in [-0.3, -0.25) is 0 Å². The summed E-state index contributed by atoms with van der Waals surface area (Å²) in [6, 6.07) is 1.72. The van der Waals surface area contributed by atoms with E-state index in [1.165, 1.54) is 6.07 Å². The first-order valence-electron chi connectivity index (χ1n) is 13.7. The van der Waals surface area contributed by atoms with Crippen LogP contribution in [0.3, 0.4) is 0 Å². The van der Waals surface area contributed by atoms with Crippen molar-refractivity contribution in [2.24, 2.45) is 5.92 Å². The molecule has 2 aliphatic carbocycles. The summed E-state index contributed by atoms with van der Waals surface area (Å²) in [6.07, 6.45) is 2.87. The zero-order chi connectivity index (χ0) is 26.6. The van der Waals surface area contributed by atoms with Crippen LogP contribution in [0.5, 0.6) is 0 Å². The number of nitrogens with zero attached hydrogens (tertiary/aromatic N) is 4. The van der Waals surface area contributed by atoms with Crippen molar-refractivity contribution in [3.63, 3.8) is 0 Å². The first-order chi connectivity index (χ1) is 18.2. The first kappa shape index (κ1) is 25.6. The number of carboxylic acid groups (broad SMARTS) is 1. The number of carboxylic acids is 1. The van der Waals surface area contributed by atoms with Crippen LogP contribution in [-0.4, -0.2) is 50.6 Å². The second-order valence-electron chi connectivity index (χ2n) is 11.4. The van der Waals surface area contributed by atoms with Crippen LogP contribution in [0.15, 0.2) is 10.6 Å². The number of anilines is 1. The number of rotatable bonds is 7. The molecule has 2 saturated carbocycles. The van der Waals surface area contributed by atoms with E-state index in [0.717, 1.165) is 50.5 Å². The molecule has 6 rings (SSSR count). The summed E-state index contributed by atoms with van der Waals surface area (Å²) in [5.74, 6) is -1.77. The molecule has 2 aliphatic heterocycles.